The molecule has 4 nitrogen and oxygen atoms in total. The molecule has 1 aromatic carbocycles. The molecule has 0 unspecified atom stereocenters. The Morgan fingerprint density at radius 1 is 1.35 bits per heavy atom. The number of carbonyl (C=O) groups is 1. The highest BCUT2D eigenvalue weighted by atomic mass is 19.1. The average molecular weight is 277 g/mol. The third-order valence-corrected chi connectivity index (χ3v) is 3.31. The van der Waals surface area contributed by atoms with Crippen molar-refractivity contribution in [2.45, 2.75) is 6.42 Å². The maximum Gasteiger partial charge on any atom is 0.267 e. The van der Waals surface area contributed by atoms with Crippen LogP contribution in [-0.2, 0) is 7.05 Å². The number of amides is 1. The van der Waals surface area contributed by atoms with Crippen molar-refractivity contribution in [2.75, 3.05) is 27.2 Å². The molecule has 2 rings (SSSR count). The lowest BCUT2D eigenvalue weighted by atomic mass is 10.2. The molecule has 0 atom stereocenters. The van der Waals surface area contributed by atoms with E-state index in [2.05, 4.69) is 10.2 Å². The fraction of sp³-hybridized carbons (Fsp3) is 0.400. The molecular weight excluding hydrogens is 257 g/mol. The summed E-state index contributed by atoms with van der Waals surface area (Å²) in [7, 11) is 5.77. The topological polar surface area (TPSA) is 37.3 Å². The van der Waals surface area contributed by atoms with E-state index in [4.69, 9.17) is 0 Å². The maximum absolute atomic E-state index is 13.2. The smallest absolute Gasteiger partial charge is 0.267 e. The van der Waals surface area contributed by atoms with Crippen molar-refractivity contribution in [1.29, 1.82) is 0 Å². The molecule has 108 valence electrons. The van der Waals surface area contributed by atoms with Gasteiger partial charge in [-0.15, -0.1) is 0 Å². The van der Waals surface area contributed by atoms with Crippen LogP contribution in [0.3, 0.4) is 0 Å². The van der Waals surface area contributed by atoms with Gasteiger partial charge < -0.3 is 14.8 Å². The Bertz CT molecular complexity index is 619. The van der Waals surface area contributed by atoms with E-state index >= 15 is 0 Å². The van der Waals surface area contributed by atoms with Crippen LogP contribution >= 0.6 is 0 Å². The van der Waals surface area contributed by atoms with Crippen molar-refractivity contribution in [2.24, 2.45) is 7.05 Å². The molecule has 0 saturated heterocycles. The Hall–Kier alpha value is -1.88. The second-order valence-corrected chi connectivity index (χ2v) is 5.20. The summed E-state index contributed by atoms with van der Waals surface area (Å²) >= 11 is 0. The minimum atomic E-state index is -0.295. The largest absolute Gasteiger partial charge is 0.351 e. The molecule has 0 aliphatic rings. The Kier molecular flexibility index (Phi) is 4.39. The van der Waals surface area contributed by atoms with E-state index in [9.17, 15) is 9.18 Å². The molecule has 2 aromatic rings. The zero-order chi connectivity index (χ0) is 14.7. The summed E-state index contributed by atoms with van der Waals surface area (Å²) < 4.78 is 15.0. The third-order valence-electron chi connectivity index (χ3n) is 3.31. The molecule has 0 aliphatic carbocycles. The standard InChI is InChI=1S/C15H20FN3O/c1-18(2)8-4-7-17-15(20)14-9-11-5-6-12(16)10-13(11)19(14)3/h5-6,9-10H,4,7-8H2,1-3H3,(H,17,20). The number of aromatic nitrogens is 1. The maximum atomic E-state index is 13.2. The van der Waals surface area contributed by atoms with Gasteiger partial charge in [-0.25, -0.2) is 4.39 Å². The van der Waals surface area contributed by atoms with Crippen LogP contribution in [0.1, 0.15) is 16.9 Å². The molecule has 0 spiro atoms. The number of nitrogens with one attached hydrogen (secondary N) is 1. The second kappa shape index (κ2) is 6.05. The first-order valence-electron chi connectivity index (χ1n) is 6.67. The summed E-state index contributed by atoms with van der Waals surface area (Å²) in [6.45, 7) is 1.56. The van der Waals surface area contributed by atoms with Crippen LogP contribution < -0.4 is 5.32 Å². The number of aryl methyl sites for hydroxylation is 1. The van der Waals surface area contributed by atoms with Crippen molar-refractivity contribution >= 4 is 16.8 Å². The summed E-state index contributed by atoms with van der Waals surface area (Å²) in [6.07, 6.45) is 0.900. The van der Waals surface area contributed by atoms with Gasteiger partial charge in [-0.2, -0.15) is 0 Å². The van der Waals surface area contributed by atoms with Crippen LogP contribution in [0.2, 0.25) is 0 Å². The first kappa shape index (κ1) is 14.5. The van der Waals surface area contributed by atoms with Crippen LogP contribution in [0.15, 0.2) is 24.3 Å². The Morgan fingerprint density at radius 2 is 2.10 bits per heavy atom. The van der Waals surface area contributed by atoms with Crippen molar-refractivity contribution in [3.05, 3.63) is 35.8 Å². The lowest BCUT2D eigenvalue weighted by Crippen LogP contribution is -2.28. The number of hydrogen-bond donors (Lipinski definition) is 1. The van der Waals surface area contributed by atoms with Crippen LogP contribution in [-0.4, -0.2) is 42.6 Å². The van der Waals surface area contributed by atoms with E-state index in [1.54, 1.807) is 23.7 Å². The van der Waals surface area contributed by atoms with Crippen LogP contribution in [0, 0.1) is 5.82 Å². The Balaban J connectivity index is 2.08. The Morgan fingerprint density at radius 3 is 2.80 bits per heavy atom. The summed E-state index contributed by atoms with van der Waals surface area (Å²) in [6, 6.07) is 6.32. The van der Waals surface area contributed by atoms with E-state index in [1.807, 2.05) is 14.1 Å². The average Bonchev–Trinajstić information content (AvgIpc) is 2.72. The van der Waals surface area contributed by atoms with Gasteiger partial charge in [0.15, 0.2) is 0 Å². The van der Waals surface area contributed by atoms with Gasteiger partial charge in [-0.05, 0) is 51.3 Å². The molecule has 0 bridgehead atoms. The van der Waals surface area contributed by atoms with Gasteiger partial charge in [0.1, 0.15) is 11.5 Å². The van der Waals surface area contributed by atoms with Gasteiger partial charge in [-0.3, -0.25) is 4.79 Å². The Labute approximate surface area is 118 Å². The zero-order valence-corrected chi connectivity index (χ0v) is 12.1. The molecule has 1 N–H and O–H groups in total. The van der Waals surface area contributed by atoms with Gasteiger partial charge in [0.25, 0.3) is 5.91 Å². The first-order chi connectivity index (χ1) is 9.49. The summed E-state index contributed by atoms with van der Waals surface area (Å²) in [5, 5.41) is 3.76. The second-order valence-electron chi connectivity index (χ2n) is 5.20. The SMILES string of the molecule is CN(C)CCCNC(=O)c1cc2ccc(F)cc2n1C. The third kappa shape index (κ3) is 3.17. The fourth-order valence-electron chi connectivity index (χ4n) is 2.21. The molecule has 0 saturated carbocycles. The molecule has 20 heavy (non-hydrogen) atoms. The molecule has 0 radical (unpaired) electrons. The van der Waals surface area contributed by atoms with Crippen LogP contribution in [0.25, 0.3) is 10.9 Å². The van der Waals surface area contributed by atoms with Gasteiger partial charge in [0.2, 0.25) is 0 Å². The van der Waals surface area contributed by atoms with E-state index in [-0.39, 0.29) is 11.7 Å². The van der Waals surface area contributed by atoms with Crippen molar-refractivity contribution in [3.63, 3.8) is 0 Å². The highest BCUT2D eigenvalue weighted by Crippen LogP contribution is 2.19. The van der Waals surface area contributed by atoms with Crippen LogP contribution in [0.4, 0.5) is 4.39 Å². The number of carbonyl (C=O) groups excluding carboxylic acids is 1. The van der Waals surface area contributed by atoms with E-state index < -0.39 is 0 Å². The van der Waals surface area contributed by atoms with E-state index in [0.29, 0.717) is 12.2 Å². The number of hydrogen-bond acceptors (Lipinski definition) is 2. The molecule has 1 heterocycles. The van der Waals surface area contributed by atoms with Gasteiger partial charge >= 0.3 is 0 Å². The van der Waals surface area contributed by atoms with Crippen LogP contribution in [0.5, 0.6) is 0 Å². The fourth-order valence-corrected chi connectivity index (χ4v) is 2.21. The van der Waals surface area contributed by atoms with E-state index in [1.165, 1.54) is 12.1 Å². The van der Waals surface area contributed by atoms with Crippen molar-refractivity contribution in [1.82, 2.24) is 14.8 Å². The minimum absolute atomic E-state index is 0.122. The lowest BCUT2D eigenvalue weighted by Gasteiger charge is -2.10. The predicted octanol–water partition coefficient (Wildman–Crippen LogP) is 2.00. The molecule has 5 heteroatoms. The number of halogens is 1. The van der Waals surface area contributed by atoms with Gasteiger partial charge in [0.05, 0.1) is 5.52 Å². The molecular formula is C15H20FN3O. The minimum Gasteiger partial charge on any atom is -0.351 e. The normalized spacial score (nSPS) is 11.2. The number of fused-ring (bicyclic) bond motifs is 1. The van der Waals surface area contributed by atoms with Gasteiger partial charge in [0, 0.05) is 19.0 Å². The summed E-state index contributed by atoms with van der Waals surface area (Å²) in [4.78, 5) is 14.2. The highest BCUT2D eigenvalue weighted by molar-refractivity contribution is 5.98. The number of benzene rings is 1. The zero-order valence-electron chi connectivity index (χ0n) is 12.1. The lowest BCUT2D eigenvalue weighted by molar-refractivity contribution is 0.0944. The summed E-state index contributed by atoms with van der Waals surface area (Å²) in [5.41, 5.74) is 1.28. The highest BCUT2D eigenvalue weighted by Gasteiger charge is 2.13. The quantitative estimate of drug-likeness (QED) is 0.849. The first-order valence-corrected chi connectivity index (χ1v) is 6.67. The number of rotatable bonds is 5. The summed E-state index contributed by atoms with van der Waals surface area (Å²) in [5.74, 6) is -0.417. The van der Waals surface area contributed by atoms with Crippen molar-refractivity contribution < 1.29 is 9.18 Å². The van der Waals surface area contributed by atoms with E-state index in [0.717, 1.165) is 23.9 Å². The monoisotopic (exact) mass is 277 g/mol. The molecule has 1 aromatic heterocycles. The molecule has 0 fully saturated rings. The molecule has 0 aliphatic heterocycles. The predicted molar refractivity (Wildman–Crippen MR) is 78.4 cm³/mol. The molecule has 1 amide bonds. The number of nitrogens with zero attached hydrogens (tertiary/aromatic N) is 2. The van der Waals surface area contributed by atoms with Gasteiger partial charge in [-0.1, -0.05) is 0 Å². The van der Waals surface area contributed by atoms with Crippen molar-refractivity contribution in [3.8, 4) is 0 Å².